The summed E-state index contributed by atoms with van der Waals surface area (Å²) < 4.78 is 186. The van der Waals surface area contributed by atoms with Gasteiger partial charge in [0.1, 0.15) is 49.4 Å². The minimum atomic E-state index is -10.7. The third-order valence-corrected chi connectivity index (χ3v) is 5.38. The maximum Gasteiger partial charge on any atom is 0 e. The number of nitrogens with zero attached hydrogens (tertiary/aromatic N) is 6. The van der Waals surface area contributed by atoms with Crippen LogP contribution in [0.25, 0.3) is 0 Å². The summed E-state index contributed by atoms with van der Waals surface area (Å²) in [6.07, 6.45) is 15.4. The summed E-state index contributed by atoms with van der Waals surface area (Å²) >= 11 is 0. The number of imidazole rings is 2. The maximum atomic E-state index is 10.2. The number of phenols is 2. The Hall–Kier alpha value is -3.66. The number of aryl methyl sites for hydroxylation is 2. The van der Waals surface area contributed by atoms with Gasteiger partial charge in [-0.1, -0.05) is 12.1 Å². The number of aliphatic imine (C=N–C) groups is 2. The molecule has 327 valence electrons. The molecule has 30 heteroatoms. The molecule has 56 heavy (non-hydrogen) atoms. The van der Waals surface area contributed by atoms with Gasteiger partial charge < -0.3 is 10.2 Å². The molecule has 0 atom stereocenters. The van der Waals surface area contributed by atoms with Crippen LogP contribution in [-0.4, -0.2) is 44.9 Å². The first-order valence-electron chi connectivity index (χ1n) is 14.2. The van der Waals surface area contributed by atoms with E-state index >= 15 is 0 Å². The van der Waals surface area contributed by atoms with Crippen LogP contribution in [0, 0.1) is 0 Å². The fourth-order valence-corrected chi connectivity index (χ4v) is 3.66. The van der Waals surface area contributed by atoms with Gasteiger partial charge in [0, 0.05) is 40.3 Å². The molecular formula is C26H30CoF18N6O2P3-. The Morgan fingerprint density at radius 3 is 1.04 bits per heavy atom. The monoisotopic (exact) mass is 952 g/mol. The van der Waals surface area contributed by atoms with E-state index in [4.69, 9.17) is 0 Å². The molecule has 0 saturated carbocycles. The van der Waals surface area contributed by atoms with Crippen LogP contribution in [0.5, 0.6) is 11.5 Å². The number of hydrogen-bond acceptors (Lipinski definition) is 4. The van der Waals surface area contributed by atoms with E-state index < -0.39 is 23.4 Å². The Morgan fingerprint density at radius 1 is 0.536 bits per heavy atom. The van der Waals surface area contributed by atoms with Crippen molar-refractivity contribution in [3.8, 4) is 11.5 Å². The molecule has 0 aliphatic heterocycles. The number of halogens is 18. The average Bonchev–Trinajstić information content (AvgIpc) is 3.50. The summed E-state index contributed by atoms with van der Waals surface area (Å²) in [5.41, 5.74) is 3.53. The molecule has 0 aliphatic rings. The first-order valence-corrected chi connectivity index (χ1v) is 20.2. The van der Waals surface area contributed by atoms with Gasteiger partial charge in [0.25, 0.3) is 0 Å². The van der Waals surface area contributed by atoms with Crippen LogP contribution in [0.4, 0.5) is 75.5 Å². The van der Waals surface area contributed by atoms with Crippen molar-refractivity contribution in [3.05, 3.63) is 96.1 Å². The molecule has 0 bridgehead atoms. The van der Waals surface area contributed by atoms with Crippen LogP contribution in [0.15, 0.2) is 83.8 Å². The van der Waals surface area contributed by atoms with E-state index in [1.165, 1.54) is 0 Å². The quantitative estimate of drug-likeness (QED) is 0.0576. The van der Waals surface area contributed by atoms with Gasteiger partial charge in [0.2, 0.25) is 12.7 Å². The molecule has 0 fully saturated rings. The van der Waals surface area contributed by atoms with Gasteiger partial charge in [0.15, 0.2) is 0 Å². The van der Waals surface area contributed by atoms with Crippen molar-refractivity contribution in [1.82, 2.24) is 9.13 Å². The van der Waals surface area contributed by atoms with E-state index in [0.29, 0.717) is 24.2 Å². The maximum absolute atomic E-state index is 10.7. The summed E-state index contributed by atoms with van der Waals surface area (Å²) in [4.78, 5) is 8.81. The summed E-state index contributed by atoms with van der Waals surface area (Å²) in [5, 5.41) is 20.3. The third-order valence-electron chi connectivity index (χ3n) is 5.38. The van der Waals surface area contributed by atoms with Gasteiger partial charge in [-0.15, -0.1) is 0 Å². The van der Waals surface area contributed by atoms with Gasteiger partial charge in [-0.2, -0.15) is 0 Å². The molecule has 2 heterocycles. The van der Waals surface area contributed by atoms with E-state index in [9.17, 15) is 85.8 Å². The molecule has 4 rings (SSSR count). The average molecular weight is 952 g/mol. The third kappa shape index (κ3) is 37.3. The van der Waals surface area contributed by atoms with E-state index in [0.717, 1.165) is 24.2 Å². The van der Waals surface area contributed by atoms with E-state index in [1.54, 1.807) is 24.6 Å². The zero-order valence-electron chi connectivity index (χ0n) is 28.0. The molecular weight excluding hydrogens is 922 g/mol. The minimum Gasteiger partial charge on any atom is 0 e. The first-order chi connectivity index (χ1) is 23.8. The molecule has 0 aliphatic carbocycles. The van der Waals surface area contributed by atoms with Crippen molar-refractivity contribution in [2.75, 3.05) is 13.1 Å². The van der Waals surface area contributed by atoms with Gasteiger partial charge in [0.05, 0.1) is 27.2 Å². The molecule has 4 aromatic rings. The topological polar surface area (TPSA) is 82.8 Å². The summed E-state index contributed by atoms with van der Waals surface area (Å²) in [6.45, 7) is 2.40. The van der Waals surface area contributed by atoms with Gasteiger partial charge in [-0.25, -0.2) is 18.3 Å². The second-order valence-electron chi connectivity index (χ2n) is 11.2. The molecule has 0 spiro atoms. The van der Waals surface area contributed by atoms with Crippen molar-refractivity contribution < 1.29 is 112 Å². The number of benzene rings is 2. The van der Waals surface area contributed by atoms with E-state index in [2.05, 4.69) is 19.1 Å². The molecule has 1 radical (unpaired) electrons. The van der Waals surface area contributed by atoms with Gasteiger partial charge in [-0.05, 0) is 35.4 Å². The van der Waals surface area contributed by atoms with Crippen LogP contribution >= 0.6 is 23.4 Å². The number of aromatic hydroxyl groups is 2. The first kappa shape index (κ1) is 52.3. The Labute approximate surface area is 314 Å². The van der Waals surface area contributed by atoms with Crippen LogP contribution in [0.3, 0.4) is 0 Å². The largest absolute Gasteiger partial charge is 0 e. The molecule has 2 aromatic heterocycles. The van der Waals surface area contributed by atoms with Crippen molar-refractivity contribution in [2.45, 2.75) is 13.1 Å². The molecule has 0 amide bonds. The van der Waals surface area contributed by atoms with Crippen LogP contribution < -0.4 is 9.13 Å². The Bertz CT molecular complexity index is 1800. The Morgan fingerprint density at radius 2 is 0.804 bits per heavy atom. The summed E-state index contributed by atoms with van der Waals surface area (Å²) in [5.74, 6) is 0.402. The fourth-order valence-electron chi connectivity index (χ4n) is 3.66. The van der Waals surface area contributed by atoms with E-state index in [1.807, 2.05) is 84.9 Å². The molecule has 2 aromatic carbocycles. The van der Waals surface area contributed by atoms with Crippen molar-refractivity contribution in [2.24, 2.45) is 24.1 Å². The zero-order chi connectivity index (χ0) is 43.1. The fraction of sp³-hybridized carbons (Fsp3) is 0.231. The Kier molecular flexibility index (Phi) is 14.6. The molecule has 2 N–H and O–H groups in total. The zero-order valence-corrected chi connectivity index (χ0v) is 31.7. The molecule has 0 unspecified atom stereocenters. The van der Waals surface area contributed by atoms with Gasteiger partial charge in [-0.3, -0.25) is 9.98 Å². The summed E-state index contributed by atoms with van der Waals surface area (Å²) in [7, 11) is -28.0. The number of hydrogen-bond donors (Lipinski definition) is 2. The number of aromatic nitrogens is 4. The Balaban J connectivity index is 0.00000113. The van der Waals surface area contributed by atoms with Gasteiger partial charge >= 0.3 is 99.0 Å². The summed E-state index contributed by atoms with van der Waals surface area (Å²) in [6, 6.07) is 11.1. The SMILES string of the molecule is C[n+]1ccn(Cc2ccc(O)c(C=NCCN=Cc3cc(Cn4cc[n+](C)c4)ccc3O)c2)c1.F[P-](F)(F)(F)(F)F.F[P-](F)(F)(F)(F)F.F[P-](F)(F)(F)(F)F.[Co]. The smallest absolute Gasteiger partial charge is 0 e. The van der Waals surface area contributed by atoms with Crippen molar-refractivity contribution >= 4 is 35.9 Å². The van der Waals surface area contributed by atoms with E-state index in [-0.39, 0.29) is 28.3 Å². The van der Waals surface area contributed by atoms with Crippen LogP contribution in [-0.2, 0) is 44.0 Å². The standard InChI is InChI=1S/C26H28N6O2.Co.3F6P/c1-29-9-11-31(19-29)17-21-3-5-25(33)23(13-21)15-27-7-8-28-16-24-14-22(4-6-26(24)34)18-32-12-10-30(2)20-32;;3*1-7(2,3,4,5)6/h3-6,9-16,19-20H,7-8,17-18H2,1-2H3;;;;/q;;3*-1/p+2. The van der Waals surface area contributed by atoms with Crippen LogP contribution in [0.1, 0.15) is 22.3 Å². The normalized spacial score (nSPS) is 15.8. The van der Waals surface area contributed by atoms with Crippen molar-refractivity contribution in [1.29, 1.82) is 0 Å². The van der Waals surface area contributed by atoms with Crippen LogP contribution in [0.2, 0.25) is 0 Å². The predicted molar refractivity (Wildman–Crippen MR) is 171 cm³/mol. The molecule has 0 saturated heterocycles. The number of rotatable bonds is 9. The van der Waals surface area contributed by atoms with Crippen molar-refractivity contribution in [3.63, 3.8) is 0 Å². The number of phenolic OH excluding ortho intramolecular Hbond substituents is 2. The second-order valence-corrected chi connectivity index (χ2v) is 17.0. The minimum absolute atomic E-state index is 0. The second kappa shape index (κ2) is 15.6. The predicted octanol–water partition coefficient (Wildman–Crippen LogP) is 12.1. The molecule has 8 nitrogen and oxygen atoms in total.